The molecule has 2 aliphatic heterocycles. The Hall–Kier alpha value is -0.420. The molecule has 0 bridgehead atoms. The van der Waals surface area contributed by atoms with Crippen LogP contribution in [0, 0.1) is 5.92 Å². The maximum Gasteiger partial charge on any atom is 0.0942 e. The normalized spacial score (nSPS) is 31.1. The van der Waals surface area contributed by atoms with Gasteiger partial charge in [0.2, 0.25) is 0 Å². The summed E-state index contributed by atoms with van der Waals surface area (Å²) in [7, 11) is 1.74. The SMILES string of the molecule is COCCNCC/C=C(/C)C1CCOC2(CCOC2)C1. The van der Waals surface area contributed by atoms with Crippen LogP contribution in [0.4, 0.5) is 0 Å². The molecular formula is C16H29NO3. The van der Waals surface area contributed by atoms with Crippen molar-refractivity contribution in [1.82, 2.24) is 5.32 Å². The van der Waals surface area contributed by atoms with Crippen molar-refractivity contribution in [2.24, 2.45) is 5.92 Å². The molecule has 2 rings (SSSR count). The first kappa shape index (κ1) is 16.0. The van der Waals surface area contributed by atoms with E-state index < -0.39 is 0 Å². The number of nitrogens with one attached hydrogen (secondary N) is 1. The number of ether oxygens (including phenoxy) is 3. The van der Waals surface area contributed by atoms with Crippen LogP contribution < -0.4 is 5.32 Å². The lowest BCUT2D eigenvalue weighted by Crippen LogP contribution is -2.40. The summed E-state index contributed by atoms with van der Waals surface area (Å²) in [5.41, 5.74) is 1.54. The van der Waals surface area contributed by atoms with E-state index in [0.717, 1.165) is 65.2 Å². The van der Waals surface area contributed by atoms with Crippen LogP contribution >= 0.6 is 0 Å². The van der Waals surface area contributed by atoms with Crippen LogP contribution in [0.15, 0.2) is 11.6 Å². The lowest BCUT2D eigenvalue weighted by atomic mass is 9.81. The summed E-state index contributed by atoms with van der Waals surface area (Å²) in [6.45, 7) is 7.54. The molecule has 2 atom stereocenters. The van der Waals surface area contributed by atoms with E-state index in [4.69, 9.17) is 14.2 Å². The van der Waals surface area contributed by atoms with Gasteiger partial charge in [0, 0.05) is 33.3 Å². The predicted molar refractivity (Wildman–Crippen MR) is 80.0 cm³/mol. The first-order valence-corrected chi connectivity index (χ1v) is 7.84. The van der Waals surface area contributed by atoms with E-state index >= 15 is 0 Å². The standard InChI is InChI=1S/C16H29NO3/c1-14(4-3-7-17-8-11-18-2)15-5-9-20-16(12-15)6-10-19-13-16/h4,15,17H,3,5-13H2,1-2H3/b14-4-. The second-order valence-electron chi connectivity index (χ2n) is 6.00. The molecule has 0 aromatic rings. The predicted octanol–water partition coefficient (Wildman–Crippen LogP) is 2.14. The van der Waals surface area contributed by atoms with E-state index in [1.54, 1.807) is 7.11 Å². The molecule has 116 valence electrons. The summed E-state index contributed by atoms with van der Waals surface area (Å²) in [5.74, 6) is 0.671. The molecule has 0 aliphatic carbocycles. The number of rotatable bonds is 7. The highest BCUT2D eigenvalue weighted by atomic mass is 16.6. The second kappa shape index (κ2) is 8.13. The molecule has 1 spiro atoms. The van der Waals surface area contributed by atoms with Gasteiger partial charge in [0.05, 0.1) is 18.8 Å². The van der Waals surface area contributed by atoms with Gasteiger partial charge in [0.25, 0.3) is 0 Å². The smallest absolute Gasteiger partial charge is 0.0942 e. The maximum atomic E-state index is 6.00. The molecule has 0 saturated carbocycles. The average molecular weight is 283 g/mol. The quantitative estimate of drug-likeness (QED) is 0.574. The molecular weight excluding hydrogens is 254 g/mol. The summed E-state index contributed by atoms with van der Waals surface area (Å²) >= 11 is 0. The van der Waals surface area contributed by atoms with Gasteiger partial charge in [-0.15, -0.1) is 0 Å². The van der Waals surface area contributed by atoms with E-state index in [9.17, 15) is 0 Å². The highest BCUT2D eigenvalue weighted by molar-refractivity contribution is 5.08. The molecule has 0 amide bonds. The van der Waals surface area contributed by atoms with Gasteiger partial charge >= 0.3 is 0 Å². The number of hydrogen-bond donors (Lipinski definition) is 1. The molecule has 2 aliphatic rings. The molecule has 2 heterocycles. The van der Waals surface area contributed by atoms with E-state index in [0.29, 0.717) is 5.92 Å². The van der Waals surface area contributed by atoms with Crippen molar-refractivity contribution in [3.05, 3.63) is 11.6 Å². The first-order valence-electron chi connectivity index (χ1n) is 7.84. The van der Waals surface area contributed by atoms with Crippen molar-refractivity contribution in [2.75, 3.05) is 46.6 Å². The van der Waals surface area contributed by atoms with Gasteiger partial charge in [-0.25, -0.2) is 0 Å². The first-order chi connectivity index (χ1) is 9.76. The fourth-order valence-corrected chi connectivity index (χ4v) is 3.15. The Morgan fingerprint density at radius 1 is 1.40 bits per heavy atom. The third kappa shape index (κ3) is 4.55. The molecule has 2 unspecified atom stereocenters. The highest BCUT2D eigenvalue weighted by Crippen LogP contribution is 2.38. The zero-order valence-corrected chi connectivity index (χ0v) is 13.0. The Kier molecular flexibility index (Phi) is 6.49. The summed E-state index contributed by atoms with van der Waals surface area (Å²) < 4.78 is 16.5. The van der Waals surface area contributed by atoms with Crippen molar-refractivity contribution in [3.63, 3.8) is 0 Å². The Labute approximate surface area is 122 Å². The van der Waals surface area contributed by atoms with Gasteiger partial charge in [-0.2, -0.15) is 0 Å². The van der Waals surface area contributed by atoms with Crippen LogP contribution in [0.2, 0.25) is 0 Å². The lowest BCUT2D eigenvalue weighted by molar-refractivity contribution is -0.0925. The Bertz CT molecular complexity index is 311. The van der Waals surface area contributed by atoms with Gasteiger partial charge < -0.3 is 19.5 Å². The number of hydrogen-bond acceptors (Lipinski definition) is 4. The molecule has 0 aromatic heterocycles. The van der Waals surface area contributed by atoms with E-state index in [-0.39, 0.29) is 5.60 Å². The minimum absolute atomic E-state index is 0.0226. The fourth-order valence-electron chi connectivity index (χ4n) is 3.15. The van der Waals surface area contributed by atoms with E-state index in [2.05, 4.69) is 18.3 Å². The third-order valence-corrected chi connectivity index (χ3v) is 4.47. The fraction of sp³-hybridized carbons (Fsp3) is 0.875. The Morgan fingerprint density at radius 3 is 3.05 bits per heavy atom. The van der Waals surface area contributed by atoms with Crippen LogP contribution in [-0.4, -0.2) is 52.2 Å². The minimum Gasteiger partial charge on any atom is -0.383 e. The van der Waals surface area contributed by atoms with Crippen LogP contribution in [0.1, 0.15) is 32.6 Å². The summed E-state index contributed by atoms with van der Waals surface area (Å²) in [4.78, 5) is 0. The van der Waals surface area contributed by atoms with Gasteiger partial charge in [-0.1, -0.05) is 11.6 Å². The third-order valence-electron chi connectivity index (χ3n) is 4.47. The summed E-state index contributed by atoms with van der Waals surface area (Å²) in [6, 6.07) is 0. The summed E-state index contributed by atoms with van der Waals surface area (Å²) in [6.07, 6.45) is 6.83. The van der Waals surface area contributed by atoms with Crippen LogP contribution in [0.5, 0.6) is 0 Å². The van der Waals surface area contributed by atoms with Gasteiger partial charge in [0.15, 0.2) is 0 Å². The van der Waals surface area contributed by atoms with Crippen LogP contribution in [0.3, 0.4) is 0 Å². The van der Waals surface area contributed by atoms with E-state index in [1.165, 1.54) is 5.57 Å². The molecule has 0 aromatic carbocycles. The summed E-state index contributed by atoms with van der Waals surface area (Å²) in [5, 5.41) is 3.38. The van der Waals surface area contributed by atoms with Gasteiger partial charge in [-0.3, -0.25) is 0 Å². The highest BCUT2D eigenvalue weighted by Gasteiger charge is 2.41. The zero-order chi connectivity index (χ0) is 14.3. The van der Waals surface area contributed by atoms with Crippen LogP contribution in [0.25, 0.3) is 0 Å². The second-order valence-corrected chi connectivity index (χ2v) is 6.00. The minimum atomic E-state index is 0.0226. The number of methoxy groups -OCH3 is 1. The number of allylic oxidation sites excluding steroid dienone is 1. The maximum absolute atomic E-state index is 6.00. The monoisotopic (exact) mass is 283 g/mol. The molecule has 0 radical (unpaired) electrons. The van der Waals surface area contributed by atoms with E-state index in [1.807, 2.05) is 0 Å². The van der Waals surface area contributed by atoms with Crippen molar-refractivity contribution in [1.29, 1.82) is 0 Å². The average Bonchev–Trinajstić information content (AvgIpc) is 2.90. The molecule has 2 saturated heterocycles. The van der Waals surface area contributed by atoms with Crippen molar-refractivity contribution in [2.45, 2.75) is 38.2 Å². The lowest BCUT2D eigenvalue weighted by Gasteiger charge is -2.37. The van der Waals surface area contributed by atoms with Crippen molar-refractivity contribution < 1.29 is 14.2 Å². The van der Waals surface area contributed by atoms with Gasteiger partial charge in [0.1, 0.15) is 0 Å². The van der Waals surface area contributed by atoms with Crippen LogP contribution in [-0.2, 0) is 14.2 Å². The molecule has 2 fully saturated rings. The largest absolute Gasteiger partial charge is 0.383 e. The molecule has 4 heteroatoms. The van der Waals surface area contributed by atoms with Gasteiger partial charge in [-0.05, 0) is 38.6 Å². The molecule has 1 N–H and O–H groups in total. The topological polar surface area (TPSA) is 39.7 Å². The Balaban J connectivity index is 1.72. The Morgan fingerprint density at radius 2 is 2.30 bits per heavy atom. The van der Waals surface area contributed by atoms with Crippen molar-refractivity contribution >= 4 is 0 Å². The zero-order valence-electron chi connectivity index (χ0n) is 13.0. The van der Waals surface area contributed by atoms with Crippen molar-refractivity contribution in [3.8, 4) is 0 Å². The molecule has 20 heavy (non-hydrogen) atoms. The molecule has 4 nitrogen and oxygen atoms in total.